The maximum absolute atomic E-state index is 12.9. The van der Waals surface area contributed by atoms with Gasteiger partial charge < -0.3 is 25.6 Å². The number of anilines is 4. The Labute approximate surface area is 263 Å². The first-order valence-corrected chi connectivity index (χ1v) is 16.9. The molecule has 238 valence electrons. The van der Waals surface area contributed by atoms with E-state index in [0.29, 0.717) is 19.0 Å². The van der Waals surface area contributed by atoms with Gasteiger partial charge in [-0.05, 0) is 89.5 Å². The van der Waals surface area contributed by atoms with Crippen LogP contribution in [-0.4, -0.2) is 69.6 Å². The van der Waals surface area contributed by atoms with E-state index < -0.39 is 15.1 Å². The lowest BCUT2D eigenvalue weighted by atomic mass is 9.86. The number of hydrogen-bond acceptors (Lipinski definition) is 9. The van der Waals surface area contributed by atoms with Gasteiger partial charge in [-0.1, -0.05) is 11.6 Å². The average Bonchev–Trinajstić information content (AvgIpc) is 3.70. The van der Waals surface area contributed by atoms with Crippen molar-refractivity contribution in [2.24, 2.45) is 7.05 Å². The largest absolute Gasteiger partial charge is 0.488 e. The van der Waals surface area contributed by atoms with Crippen LogP contribution in [0.15, 0.2) is 29.6 Å². The zero-order valence-electron chi connectivity index (χ0n) is 26.0. The summed E-state index contributed by atoms with van der Waals surface area (Å²) < 4.78 is 33.6. The van der Waals surface area contributed by atoms with Crippen LogP contribution >= 0.6 is 11.6 Å². The van der Waals surface area contributed by atoms with Crippen molar-refractivity contribution in [2.45, 2.75) is 88.6 Å². The predicted octanol–water partition coefficient (Wildman–Crippen LogP) is 5.68. The summed E-state index contributed by atoms with van der Waals surface area (Å²) in [5, 5.41) is 13.0. The summed E-state index contributed by atoms with van der Waals surface area (Å²) in [6.07, 6.45) is 6.96. The highest BCUT2D eigenvalue weighted by Crippen LogP contribution is 2.40. The van der Waals surface area contributed by atoms with Gasteiger partial charge in [-0.3, -0.25) is 4.68 Å². The molecule has 0 atom stereocenters. The number of piperidine rings is 1. The molecule has 0 radical (unpaired) electrons. The van der Waals surface area contributed by atoms with E-state index in [2.05, 4.69) is 44.0 Å². The van der Waals surface area contributed by atoms with E-state index in [0.717, 1.165) is 42.7 Å². The molecule has 2 aromatic heterocycles. The molecule has 3 N–H and O–H groups in total. The standard InChI is InChI=1S/C30H41ClN8O4S/c1-17(2)33-30(40)39-11-9-20(10-12-39)22-14-26(43-21-7-8-21)24(13-19(22)5)35-29-32-15-23(31)27(36-29)34-25-16-38(6)37-28(25)44(41,42)18(3)4/h13-18,20-21H,7-12H2,1-6H3,(H,33,40)(H2,32,34,35,36). The van der Waals surface area contributed by atoms with Gasteiger partial charge >= 0.3 is 6.03 Å². The lowest BCUT2D eigenvalue weighted by molar-refractivity contribution is 0.179. The highest BCUT2D eigenvalue weighted by atomic mass is 35.5. The number of amides is 2. The monoisotopic (exact) mass is 644 g/mol. The number of ether oxygens (including phenoxy) is 1. The Balaban J connectivity index is 1.37. The number of rotatable bonds is 10. The Kier molecular flexibility index (Phi) is 9.26. The van der Waals surface area contributed by atoms with Gasteiger partial charge in [0, 0.05) is 32.4 Å². The summed E-state index contributed by atoms with van der Waals surface area (Å²) in [7, 11) is -2.00. The number of nitrogens with one attached hydrogen (secondary N) is 3. The predicted molar refractivity (Wildman–Crippen MR) is 171 cm³/mol. The number of aromatic nitrogens is 4. The second kappa shape index (κ2) is 12.8. The minimum absolute atomic E-state index is 0.00871. The van der Waals surface area contributed by atoms with Gasteiger partial charge in [-0.25, -0.2) is 18.2 Å². The Morgan fingerprint density at radius 2 is 1.77 bits per heavy atom. The molecule has 3 heterocycles. The van der Waals surface area contributed by atoms with Crippen LogP contribution in [0, 0.1) is 6.92 Å². The summed E-state index contributed by atoms with van der Waals surface area (Å²) in [6.45, 7) is 10.6. The van der Waals surface area contributed by atoms with Crippen molar-refractivity contribution in [3.05, 3.63) is 40.7 Å². The molecule has 5 rings (SSSR count). The van der Waals surface area contributed by atoms with Crippen molar-refractivity contribution in [1.29, 1.82) is 0 Å². The summed E-state index contributed by atoms with van der Waals surface area (Å²) >= 11 is 6.43. The van der Waals surface area contributed by atoms with Crippen molar-refractivity contribution in [1.82, 2.24) is 30.0 Å². The van der Waals surface area contributed by atoms with Crippen molar-refractivity contribution in [2.75, 3.05) is 23.7 Å². The van der Waals surface area contributed by atoms with E-state index >= 15 is 0 Å². The number of nitrogens with zero attached hydrogens (tertiary/aromatic N) is 5. The summed E-state index contributed by atoms with van der Waals surface area (Å²) in [6, 6.07) is 4.25. The normalized spacial score (nSPS) is 16.0. The first-order valence-electron chi connectivity index (χ1n) is 15.0. The SMILES string of the molecule is Cc1cc(Nc2ncc(Cl)c(Nc3cn(C)nc3S(=O)(=O)C(C)C)n2)c(OC2CC2)cc1C1CCN(C(=O)NC(C)C)CC1. The van der Waals surface area contributed by atoms with Crippen LogP contribution in [0.5, 0.6) is 5.75 Å². The number of urea groups is 1. The Morgan fingerprint density at radius 3 is 2.41 bits per heavy atom. The molecule has 1 aromatic carbocycles. The molecule has 0 spiro atoms. The number of carbonyl (C=O) groups excluding carboxylic acids is 1. The topological polar surface area (TPSA) is 143 Å². The summed E-state index contributed by atoms with van der Waals surface area (Å²) in [5.41, 5.74) is 3.32. The van der Waals surface area contributed by atoms with E-state index in [4.69, 9.17) is 16.3 Å². The Hall–Kier alpha value is -3.58. The number of aryl methyl sites for hydroxylation is 2. The van der Waals surface area contributed by atoms with E-state index in [1.54, 1.807) is 27.1 Å². The zero-order valence-corrected chi connectivity index (χ0v) is 27.6. The van der Waals surface area contributed by atoms with Crippen LogP contribution in [0.1, 0.15) is 70.4 Å². The third kappa shape index (κ3) is 7.20. The number of carbonyl (C=O) groups is 1. The van der Waals surface area contributed by atoms with Gasteiger partial charge in [0.25, 0.3) is 0 Å². The lowest BCUT2D eigenvalue weighted by Crippen LogP contribution is -2.46. The second-order valence-corrected chi connectivity index (χ2v) is 15.0. The fourth-order valence-electron chi connectivity index (χ4n) is 5.19. The average molecular weight is 645 g/mol. The first-order chi connectivity index (χ1) is 20.8. The maximum atomic E-state index is 12.9. The van der Waals surface area contributed by atoms with Crippen molar-refractivity contribution in [3.8, 4) is 5.75 Å². The molecule has 1 saturated heterocycles. The smallest absolute Gasteiger partial charge is 0.317 e. The number of hydrogen-bond donors (Lipinski definition) is 3. The van der Waals surface area contributed by atoms with Gasteiger partial charge in [-0.15, -0.1) is 0 Å². The number of sulfone groups is 1. The molecule has 3 aromatic rings. The van der Waals surface area contributed by atoms with Crippen LogP contribution < -0.4 is 20.7 Å². The van der Waals surface area contributed by atoms with Crippen molar-refractivity contribution in [3.63, 3.8) is 0 Å². The van der Waals surface area contributed by atoms with Crippen LogP contribution in [0.25, 0.3) is 0 Å². The fourth-order valence-corrected chi connectivity index (χ4v) is 6.42. The van der Waals surface area contributed by atoms with E-state index in [9.17, 15) is 13.2 Å². The minimum atomic E-state index is -3.66. The summed E-state index contributed by atoms with van der Waals surface area (Å²) in [4.78, 5) is 23.3. The molecule has 12 nitrogen and oxygen atoms in total. The molecule has 14 heteroatoms. The van der Waals surface area contributed by atoms with E-state index in [-0.39, 0.29) is 45.7 Å². The molecule has 2 fully saturated rings. The molecule has 2 aliphatic rings. The number of halogens is 1. The molecule has 1 aliphatic carbocycles. The molecule has 1 saturated carbocycles. The molecule has 2 amide bonds. The molecule has 0 bridgehead atoms. The lowest BCUT2D eigenvalue weighted by Gasteiger charge is -2.33. The first kappa shape index (κ1) is 31.8. The number of likely N-dealkylation sites (tertiary alicyclic amines) is 1. The van der Waals surface area contributed by atoms with Crippen LogP contribution in [0.2, 0.25) is 5.02 Å². The highest BCUT2D eigenvalue weighted by Gasteiger charge is 2.30. The van der Waals surface area contributed by atoms with E-state index in [1.807, 2.05) is 24.8 Å². The van der Waals surface area contributed by atoms with Gasteiger partial charge in [0.15, 0.2) is 5.82 Å². The van der Waals surface area contributed by atoms with Gasteiger partial charge in [0.05, 0.1) is 28.9 Å². The van der Waals surface area contributed by atoms with E-state index in [1.165, 1.54) is 16.4 Å². The van der Waals surface area contributed by atoms with Gasteiger partial charge in [0.2, 0.25) is 20.8 Å². The summed E-state index contributed by atoms with van der Waals surface area (Å²) in [5.74, 6) is 1.54. The van der Waals surface area contributed by atoms with Crippen LogP contribution in [0.4, 0.5) is 27.9 Å². The quantitative estimate of drug-likeness (QED) is 0.254. The highest BCUT2D eigenvalue weighted by molar-refractivity contribution is 7.92. The maximum Gasteiger partial charge on any atom is 0.317 e. The van der Waals surface area contributed by atoms with Crippen LogP contribution in [-0.2, 0) is 16.9 Å². The Morgan fingerprint density at radius 1 is 1.07 bits per heavy atom. The fraction of sp³-hybridized carbons (Fsp3) is 0.533. The number of benzene rings is 1. The van der Waals surface area contributed by atoms with Crippen LogP contribution in [0.3, 0.4) is 0 Å². The minimum Gasteiger partial charge on any atom is -0.488 e. The molecular weight excluding hydrogens is 604 g/mol. The molecule has 1 aliphatic heterocycles. The molecule has 0 unspecified atom stereocenters. The third-order valence-corrected chi connectivity index (χ3v) is 10.1. The second-order valence-electron chi connectivity index (χ2n) is 12.1. The van der Waals surface area contributed by atoms with Gasteiger partial charge in [-0.2, -0.15) is 10.1 Å². The molecular formula is C30H41ClN8O4S. The zero-order chi connectivity index (χ0) is 31.8. The molecule has 44 heavy (non-hydrogen) atoms. The Bertz CT molecular complexity index is 1630. The van der Waals surface area contributed by atoms with Crippen molar-refractivity contribution >= 4 is 50.6 Å². The van der Waals surface area contributed by atoms with Gasteiger partial charge in [0.1, 0.15) is 10.8 Å². The third-order valence-electron chi connectivity index (χ3n) is 7.75. The van der Waals surface area contributed by atoms with Crippen molar-refractivity contribution < 1.29 is 17.9 Å².